The van der Waals surface area contributed by atoms with Gasteiger partial charge in [0.2, 0.25) is 0 Å². The van der Waals surface area contributed by atoms with Crippen LogP contribution in [0.5, 0.6) is 5.75 Å². The number of nitrogens with zero attached hydrogens (tertiary/aromatic N) is 2. The van der Waals surface area contributed by atoms with Crippen molar-refractivity contribution in [2.45, 2.75) is 25.2 Å². The van der Waals surface area contributed by atoms with Gasteiger partial charge in [0.05, 0.1) is 17.6 Å². The van der Waals surface area contributed by atoms with E-state index in [1.54, 1.807) is 0 Å². The van der Waals surface area contributed by atoms with Gasteiger partial charge in [0, 0.05) is 35.7 Å². The molecule has 158 valence electrons. The Hall–Kier alpha value is -1.71. The minimum Gasteiger partial charge on any atom is -0.491 e. The number of benzene rings is 2. The fourth-order valence-electron chi connectivity index (χ4n) is 3.30. The van der Waals surface area contributed by atoms with Gasteiger partial charge in [-0.25, -0.2) is 0 Å². The van der Waals surface area contributed by atoms with Crippen molar-refractivity contribution in [3.63, 3.8) is 0 Å². The van der Waals surface area contributed by atoms with E-state index in [-0.39, 0.29) is 36.8 Å². The zero-order chi connectivity index (χ0) is 20.1. The number of halogens is 2. The molecule has 0 aliphatic carbocycles. The second kappa shape index (κ2) is 10.9. The second-order valence-electron chi connectivity index (χ2n) is 6.79. The molecule has 1 aliphatic rings. The first-order valence-electron chi connectivity index (χ1n) is 9.10. The maximum absolute atomic E-state index is 10.7. The molecule has 1 aliphatic heterocycles. The molecule has 2 aromatic rings. The highest BCUT2D eigenvalue weighted by molar-refractivity contribution is 9.10. The SMILES string of the molecule is CC1C(c2ccc(Br)cc2)OCCN1CC(O)COc1ccc([N+](=O)[O-])cc1.Cl. The summed E-state index contributed by atoms with van der Waals surface area (Å²) in [5.74, 6) is 0.493. The van der Waals surface area contributed by atoms with E-state index in [1.165, 1.54) is 24.3 Å². The molecular formula is C20H24BrClN2O5. The Morgan fingerprint density at radius 1 is 1.28 bits per heavy atom. The molecule has 2 aromatic carbocycles. The summed E-state index contributed by atoms with van der Waals surface area (Å²) >= 11 is 3.45. The molecule has 3 unspecified atom stereocenters. The number of β-amino-alcohol motifs (C(OH)–C–C–N with tert-alkyl or cyclic N) is 1. The van der Waals surface area contributed by atoms with E-state index in [4.69, 9.17) is 9.47 Å². The maximum Gasteiger partial charge on any atom is 0.269 e. The first-order valence-corrected chi connectivity index (χ1v) is 9.90. The summed E-state index contributed by atoms with van der Waals surface area (Å²) in [6.07, 6.45) is -0.731. The first kappa shape index (κ1) is 23.6. The van der Waals surface area contributed by atoms with Gasteiger partial charge in [-0.3, -0.25) is 15.0 Å². The van der Waals surface area contributed by atoms with E-state index in [0.29, 0.717) is 18.9 Å². The summed E-state index contributed by atoms with van der Waals surface area (Å²) in [6, 6.07) is 14.0. The van der Waals surface area contributed by atoms with Crippen LogP contribution in [0.3, 0.4) is 0 Å². The van der Waals surface area contributed by atoms with Crippen molar-refractivity contribution >= 4 is 34.0 Å². The number of hydrogen-bond donors (Lipinski definition) is 1. The Morgan fingerprint density at radius 2 is 1.93 bits per heavy atom. The number of aliphatic hydroxyl groups excluding tert-OH is 1. The van der Waals surface area contributed by atoms with Crippen molar-refractivity contribution in [1.29, 1.82) is 0 Å². The number of hydrogen-bond acceptors (Lipinski definition) is 6. The van der Waals surface area contributed by atoms with Gasteiger partial charge >= 0.3 is 0 Å². The van der Waals surface area contributed by atoms with Crippen LogP contribution in [-0.4, -0.2) is 53.4 Å². The van der Waals surface area contributed by atoms with Gasteiger partial charge in [-0.15, -0.1) is 12.4 Å². The largest absolute Gasteiger partial charge is 0.491 e. The number of nitro benzene ring substituents is 1. The molecule has 7 nitrogen and oxygen atoms in total. The molecule has 29 heavy (non-hydrogen) atoms. The third-order valence-electron chi connectivity index (χ3n) is 4.82. The minimum absolute atomic E-state index is 0. The Labute approximate surface area is 184 Å². The van der Waals surface area contributed by atoms with Crippen LogP contribution in [0.15, 0.2) is 53.0 Å². The average molecular weight is 488 g/mol. The Bertz CT molecular complexity index is 790. The lowest BCUT2D eigenvalue weighted by Gasteiger charge is -2.40. The van der Waals surface area contributed by atoms with Gasteiger partial charge in [0.15, 0.2) is 0 Å². The molecule has 0 spiro atoms. The predicted octanol–water partition coefficient (Wildman–Crippen LogP) is 3.98. The van der Waals surface area contributed by atoms with Crippen molar-refractivity contribution in [2.75, 3.05) is 26.3 Å². The monoisotopic (exact) mass is 486 g/mol. The number of nitro groups is 1. The van der Waals surface area contributed by atoms with E-state index in [9.17, 15) is 15.2 Å². The lowest BCUT2D eigenvalue weighted by Crippen LogP contribution is -2.49. The van der Waals surface area contributed by atoms with Crippen LogP contribution < -0.4 is 4.74 Å². The van der Waals surface area contributed by atoms with Crippen LogP contribution in [0, 0.1) is 10.1 Å². The quantitative estimate of drug-likeness (QED) is 0.470. The van der Waals surface area contributed by atoms with Gasteiger partial charge in [0.25, 0.3) is 5.69 Å². The normalized spacial score (nSPS) is 20.5. The van der Waals surface area contributed by atoms with Gasteiger partial charge in [-0.1, -0.05) is 28.1 Å². The van der Waals surface area contributed by atoms with Crippen LogP contribution in [0.25, 0.3) is 0 Å². The maximum atomic E-state index is 10.7. The molecule has 0 amide bonds. The van der Waals surface area contributed by atoms with Crippen molar-refractivity contribution < 1.29 is 19.5 Å². The highest BCUT2D eigenvalue weighted by atomic mass is 79.9. The fourth-order valence-corrected chi connectivity index (χ4v) is 3.56. The molecule has 1 fully saturated rings. The van der Waals surface area contributed by atoms with Gasteiger partial charge in [-0.05, 0) is 36.8 Å². The Balaban J connectivity index is 0.00000300. The van der Waals surface area contributed by atoms with Crippen molar-refractivity contribution in [3.05, 3.63) is 68.7 Å². The zero-order valence-corrected chi connectivity index (χ0v) is 18.3. The van der Waals surface area contributed by atoms with Crippen molar-refractivity contribution in [1.82, 2.24) is 4.90 Å². The number of non-ortho nitro benzene ring substituents is 1. The van der Waals surface area contributed by atoms with Crippen LogP contribution >= 0.6 is 28.3 Å². The van der Waals surface area contributed by atoms with Gasteiger partial charge < -0.3 is 14.6 Å². The van der Waals surface area contributed by atoms with E-state index >= 15 is 0 Å². The molecule has 1 N–H and O–H groups in total. The van der Waals surface area contributed by atoms with Crippen molar-refractivity contribution in [2.24, 2.45) is 0 Å². The summed E-state index contributed by atoms with van der Waals surface area (Å²) in [7, 11) is 0. The van der Waals surface area contributed by atoms with Gasteiger partial charge in [-0.2, -0.15) is 0 Å². The standard InChI is InChI=1S/C20H23BrN2O5.ClH/c1-14-20(15-2-4-16(21)5-3-15)27-11-10-22(14)12-18(24)13-28-19-8-6-17(7-9-19)23(25)26;/h2-9,14,18,20,24H,10-13H2,1H3;1H. The van der Waals surface area contributed by atoms with Crippen LogP contribution in [-0.2, 0) is 4.74 Å². The first-order chi connectivity index (χ1) is 13.4. The van der Waals surface area contributed by atoms with Crippen LogP contribution in [0.1, 0.15) is 18.6 Å². The highest BCUT2D eigenvalue weighted by Gasteiger charge is 2.31. The molecule has 0 radical (unpaired) electrons. The smallest absolute Gasteiger partial charge is 0.269 e. The lowest BCUT2D eigenvalue weighted by atomic mass is 10.0. The van der Waals surface area contributed by atoms with E-state index in [0.717, 1.165) is 16.6 Å². The lowest BCUT2D eigenvalue weighted by molar-refractivity contribution is -0.384. The summed E-state index contributed by atoms with van der Waals surface area (Å²) in [4.78, 5) is 12.4. The number of aliphatic hydroxyl groups is 1. The molecular weight excluding hydrogens is 464 g/mol. The second-order valence-corrected chi connectivity index (χ2v) is 7.71. The number of morpholine rings is 1. The molecule has 0 bridgehead atoms. The van der Waals surface area contributed by atoms with Crippen LogP contribution in [0.2, 0.25) is 0 Å². The van der Waals surface area contributed by atoms with E-state index in [2.05, 4.69) is 27.8 Å². The highest BCUT2D eigenvalue weighted by Crippen LogP contribution is 2.29. The van der Waals surface area contributed by atoms with E-state index < -0.39 is 11.0 Å². The van der Waals surface area contributed by atoms with Crippen LogP contribution in [0.4, 0.5) is 5.69 Å². The summed E-state index contributed by atoms with van der Waals surface area (Å²) < 4.78 is 12.6. The number of ether oxygens (including phenoxy) is 2. The van der Waals surface area contributed by atoms with Crippen molar-refractivity contribution in [3.8, 4) is 5.75 Å². The topological polar surface area (TPSA) is 85.1 Å². The Morgan fingerprint density at radius 3 is 2.55 bits per heavy atom. The van der Waals surface area contributed by atoms with E-state index in [1.807, 2.05) is 24.3 Å². The van der Waals surface area contributed by atoms with Gasteiger partial charge in [0.1, 0.15) is 18.5 Å². The number of rotatable bonds is 7. The minimum atomic E-state index is -0.679. The molecule has 0 aromatic heterocycles. The predicted molar refractivity (Wildman–Crippen MR) is 116 cm³/mol. The fraction of sp³-hybridized carbons (Fsp3) is 0.400. The molecule has 1 saturated heterocycles. The summed E-state index contributed by atoms with van der Waals surface area (Å²) in [6.45, 7) is 4.01. The zero-order valence-electron chi connectivity index (χ0n) is 15.9. The third-order valence-corrected chi connectivity index (χ3v) is 5.35. The molecule has 0 saturated carbocycles. The Kier molecular flexibility index (Phi) is 8.85. The molecule has 3 atom stereocenters. The summed E-state index contributed by atoms with van der Waals surface area (Å²) in [5.41, 5.74) is 1.12. The molecule has 1 heterocycles. The third kappa shape index (κ3) is 6.38. The summed E-state index contributed by atoms with van der Waals surface area (Å²) in [5, 5.41) is 21.1. The molecule has 9 heteroatoms. The average Bonchev–Trinajstić information content (AvgIpc) is 2.69. The molecule has 3 rings (SSSR count).